The molecular weight excluding hydrogens is 869 g/mol. The van der Waals surface area contributed by atoms with Crippen LogP contribution in [0.4, 0.5) is 0 Å². The molecule has 386 valence electrons. The molecule has 0 radical (unpaired) electrons. The summed E-state index contributed by atoms with van der Waals surface area (Å²) in [6, 6.07) is 0. The van der Waals surface area contributed by atoms with Crippen molar-refractivity contribution in [3.63, 3.8) is 0 Å². The van der Waals surface area contributed by atoms with Crippen molar-refractivity contribution in [3.05, 3.63) is 24.3 Å². The average molecular weight is 970 g/mol. The number of ketones is 2. The number of esters is 2. The number of aliphatic hydroxyl groups is 3. The van der Waals surface area contributed by atoms with Crippen molar-refractivity contribution >= 4 is 40.1 Å². The fraction of sp³-hybridized carbons (Fsp3) is 0.849. The number of unbranched alkanes of at least 4 members (excludes halogenated alkanes) is 10. The molecule has 0 amide bonds. The van der Waals surface area contributed by atoms with Gasteiger partial charge in [-0.3, -0.25) is 19.2 Å². The summed E-state index contributed by atoms with van der Waals surface area (Å²) in [5.41, 5.74) is -0.878. The summed E-state index contributed by atoms with van der Waals surface area (Å²) < 4.78 is 22.6. The van der Waals surface area contributed by atoms with Gasteiger partial charge in [0.2, 0.25) is 0 Å². The van der Waals surface area contributed by atoms with E-state index >= 15 is 0 Å². The molecule has 2 saturated carbocycles. The molecule has 13 heteroatoms. The van der Waals surface area contributed by atoms with Gasteiger partial charge >= 0.3 is 11.9 Å². The molecule has 11 nitrogen and oxygen atoms in total. The van der Waals surface area contributed by atoms with Gasteiger partial charge in [-0.1, -0.05) is 115 Å². The van der Waals surface area contributed by atoms with Gasteiger partial charge in [0, 0.05) is 56.5 Å². The van der Waals surface area contributed by atoms with Gasteiger partial charge in [-0.25, -0.2) is 0 Å². The Morgan fingerprint density at radius 2 is 1.11 bits per heavy atom. The van der Waals surface area contributed by atoms with Crippen LogP contribution in [0.5, 0.6) is 0 Å². The number of aliphatic hydroxyl groups excluding tert-OH is 2. The van der Waals surface area contributed by atoms with E-state index in [-0.39, 0.29) is 59.5 Å². The first-order chi connectivity index (χ1) is 31.0. The summed E-state index contributed by atoms with van der Waals surface area (Å²) in [6.07, 6.45) is 29.1. The van der Waals surface area contributed by atoms with Crippen molar-refractivity contribution in [2.45, 2.75) is 244 Å². The van der Waals surface area contributed by atoms with Crippen LogP contribution in [0.2, 0.25) is 39.3 Å². The van der Waals surface area contributed by atoms with Crippen LogP contribution in [-0.4, -0.2) is 100 Å². The van der Waals surface area contributed by atoms with Crippen LogP contribution < -0.4 is 0 Å². The van der Waals surface area contributed by atoms with E-state index in [0.29, 0.717) is 31.5 Å². The third-order valence-corrected chi connectivity index (χ3v) is 14.8. The maximum Gasteiger partial charge on any atom is 0.305 e. The number of hydrogen-bond donors (Lipinski definition) is 3. The highest BCUT2D eigenvalue weighted by Gasteiger charge is 2.43. The smallest absolute Gasteiger partial charge is 0.305 e. The van der Waals surface area contributed by atoms with E-state index in [9.17, 15) is 29.4 Å². The molecule has 0 saturated heterocycles. The molecule has 0 spiro atoms. The number of carbonyl (C=O) groups excluding carboxylic acids is 4. The quantitative estimate of drug-likeness (QED) is 0.0254. The minimum Gasteiger partial charge on any atom is -0.469 e. The Morgan fingerprint density at radius 3 is 1.61 bits per heavy atom. The molecule has 0 aromatic heterocycles. The van der Waals surface area contributed by atoms with Gasteiger partial charge in [0.15, 0.2) is 16.6 Å². The van der Waals surface area contributed by atoms with Crippen LogP contribution in [0, 0.1) is 23.7 Å². The van der Waals surface area contributed by atoms with Crippen LogP contribution >= 0.6 is 0 Å². The Labute approximate surface area is 405 Å². The van der Waals surface area contributed by atoms with E-state index in [2.05, 4.69) is 76.9 Å². The highest BCUT2D eigenvalue weighted by Crippen LogP contribution is 2.39. The Kier molecular flexibility index (Phi) is 33.3. The lowest BCUT2D eigenvalue weighted by molar-refractivity contribution is -0.141. The molecule has 66 heavy (non-hydrogen) atoms. The van der Waals surface area contributed by atoms with E-state index in [4.69, 9.17) is 18.7 Å². The van der Waals surface area contributed by atoms with E-state index in [1.54, 1.807) is 0 Å². The molecular formula is C53H100O11Si2. The van der Waals surface area contributed by atoms with Crippen LogP contribution in [-0.2, 0) is 37.5 Å². The Balaban J connectivity index is 0.00000129. The second kappa shape index (κ2) is 34.3. The standard InChI is InChI=1S/C30H58O5Si2.C22H38O5.CH4O/c1-10-11-12-17-22-30(2,35-37(7,8)9)23-18-20-26-25(19-15-13-14-16-21-29(32)33-3)27(31)24-28(26)34-36(4,5)6;1-4-5-14-22(2,26)15-10-12-18-17(19(23)16-20(18)24)11-8-6-7-9-13-21(25)27-3;1-2/h18,20,25-26,28H,10-17,19,21-24H2,1-9H3;10,12,17-18,20,24,26H,4-9,11,13-16H2,1-3H3;2H,1H3/b20-18+;12-10+;/t25-,26-,28-,30?;17-,18-,20-,22?;/m11./s1. The number of ether oxygens (including phenoxy) is 2. The minimum absolute atomic E-state index is 0.00605. The topological polar surface area (TPSA) is 166 Å². The molecule has 3 N–H and O–H groups in total. The molecule has 0 aromatic carbocycles. The molecule has 2 aliphatic rings. The zero-order valence-electron chi connectivity index (χ0n) is 44.4. The lowest BCUT2D eigenvalue weighted by atomic mass is 9.87. The zero-order chi connectivity index (χ0) is 50.4. The van der Waals surface area contributed by atoms with Gasteiger partial charge in [0.1, 0.15) is 11.6 Å². The molecule has 0 aliphatic heterocycles. The van der Waals surface area contributed by atoms with Crippen molar-refractivity contribution in [1.82, 2.24) is 0 Å². The Bertz CT molecular complexity index is 1400. The van der Waals surface area contributed by atoms with Crippen LogP contribution in [0.15, 0.2) is 24.3 Å². The molecule has 0 aromatic rings. The van der Waals surface area contributed by atoms with Crippen LogP contribution in [0.3, 0.4) is 0 Å². The van der Waals surface area contributed by atoms with Gasteiger partial charge < -0.3 is 33.6 Å². The molecule has 2 rings (SSSR count). The predicted molar refractivity (Wildman–Crippen MR) is 274 cm³/mol. The number of hydrogen-bond acceptors (Lipinski definition) is 11. The van der Waals surface area contributed by atoms with Crippen molar-refractivity contribution in [3.8, 4) is 0 Å². The molecule has 8 atom stereocenters. The van der Waals surface area contributed by atoms with Gasteiger partial charge in [-0.15, -0.1) is 0 Å². The maximum absolute atomic E-state index is 13.1. The number of methoxy groups -OCH3 is 2. The van der Waals surface area contributed by atoms with Crippen molar-refractivity contribution in [2.75, 3.05) is 21.3 Å². The highest BCUT2D eigenvalue weighted by atomic mass is 28.4. The van der Waals surface area contributed by atoms with Gasteiger partial charge in [0.05, 0.1) is 37.6 Å². The maximum atomic E-state index is 13.1. The monoisotopic (exact) mass is 969 g/mol. The van der Waals surface area contributed by atoms with E-state index < -0.39 is 28.3 Å². The molecule has 2 fully saturated rings. The van der Waals surface area contributed by atoms with Gasteiger partial charge in [-0.2, -0.15) is 0 Å². The first-order valence-corrected chi connectivity index (χ1v) is 32.6. The summed E-state index contributed by atoms with van der Waals surface area (Å²) >= 11 is 0. The first kappa shape index (κ1) is 64.0. The van der Waals surface area contributed by atoms with Crippen molar-refractivity contribution in [2.24, 2.45) is 23.7 Å². The third-order valence-electron chi connectivity index (χ3n) is 12.7. The van der Waals surface area contributed by atoms with Crippen molar-refractivity contribution in [1.29, 1.82) is 0 Å². The second-order valence-corrected chi connectivity index (χ2v) is 30.3. The fourth-order valence-corrected chi connectivity index (χ4v) is 12.2. The average Bonchev–Trinajstić information content (AvgIpc) is 3.67. The van der Waals surface area contributed by atoms with Gasteiger partial charge in [-0.05, 0) is 104 Å². The highest BCUT2D eigenvalue weighted by molar-refractivity contribution is 6.70. The second-order valence-electron chi connectivity index (χ2n) is 21.4. The third kappa shape index (κ3) is 29.1. The zero-order valence-corrected chi connectivity index (χ0v) is 46.4. The van der Waals surface area contributed by atoms with E-state index in [1.165, 1.54) is 39.9 Å². The van der Waals surface area contributed by atoms with E-state index in [1.807, 2.05) is 19.1 Å². The summed E-state index contributed by atoms with van der Waals surface area (Å²) in [5, 5.41) is 27.6. The molecule has 0 heterocycles. The van der Waals surface area contributed by atoms with E-state index in [0.717, 1.165) is 103 Å². The fourth-order valence-electron chi connectivity index (χ4n) is 9.39. The Morgan fingerprint density at radius 1 is 0.636 bits per heavy atom. The number of Topliss-reactive ketones (excluding diaryl/α,β-unsaturated/α-hetero) is 2. The summed E-state index contributed by atoms with van der Waals surface area (Å²) in [5.74, 6) is 0.0871. The summed E-state index contributed by atoms with van der Waals surface area (Å²) in [6.45, 7) is 21.9. The lowest BCUT2D eigenvalue weighted by Crippen LogP contribution is -2.40. The number of carbonyl (C=O) groups is 4. The Hall–Kier alpha value is -2.01. The SMILES string of the molecule is CCCCC(C)(O)C/C=C/[C@H]1[C@H](O)CC(=O)[C@@H]1CCCCCCC(=O)OC.CCCCCCC(C)(C/C=C/[C@H]1[C@H](O[Si](C)(C)C)CC(=O)[C@@H]1CCCCCCC(=O)OC)O[Si](C)(C)C.CO. The van der Waals surface area contributed by atoms with Crippen LogP contribution in [0.1, 0.15) is 182 Å². The minimum atomic E-state index is -1.77. The number of rotatable bonds is 32. The molecule has 2 aliphatic carbocycles. The van der Waals surface area contributed by atoms with Gasteiger partial charge in [0.25, 0.3) is 0 Å². The van der Waals surface area contributed by atoms with Crippen molar-refractivity contribution < 1.29 is 52.8 Å². The normalized spacial score (nSPS) is 23.0. The largest absolute Gasteiger partial charge is 0.469 e. The predicted octanol–water partition coefficient (Wildman–Crippen LogP) is 12.0. The summed E-state index contributed by atoms with van der Waals surface area (Å²) in [7, 11) is 0.381. The lowest BCUT2D eigenvalue weighted by Gasteiger charge is -2.36. The summed E-state index contributed by atoms with van der Waals surface area (Å²) in [4.78, 5) is 47.8. The molecule has 0 bridgehead atoms. The molecule has 2 unspecified atom stereocenters. The first-order valence-electron chi connectivity index (χ1n) is 25.8. The van der Waals surface area contributed by atoms with Crippen LogP contribution in [0.25, 0.3) is 0 Å².